The second kappa shape index (κ2) is 7.36. The number of carbonyl (C=O) groups is 1. The first-order valence-corrected chi connectivity index (χ1v) is 8.31. The fraction of sp³-hybridized carbons (Fsp3) is 0.421. The van der Waals surface area contributed by atoms with Gasteiger partial charge in [-0.05, 0) is 49.8 Å². The molecule has 0 radical (unpaired) electrons. The average Bonchev–Trinajstić information content (AvgIpc) is 3.08. The van der Waals surface area contributed by atoms with E-state index < -0.39 is 0 Å². The van der Waals surface area contributed by atoms with E-state index in [2.05, 4.69) is 36.5 Å². The van der Waals surface area contributed by atoms with E-state index >= 15 is 0 Å². The minimum Gasteiger partial charge on any atom is -0.467 e. The summed E-state index contributed by atoms with van der Waals surface area (Å²) < 4.78 is 5.25. The summed E-state index contributed by atoms with van der Waals surface area (Å²) in [6, 6.07) is 12.4. The summed E-state index contributed by atoms with van der Waals surface area (Å²) in [6.07, 6.45) is 4.93. The lowest BCUT2D eigenvalue weighted by molar-refractivity contribution is 0.164. The molecule has 0 bridgehead atoms. The first kappa shape index (κ1) is 15.7. The molecule has 0 saturated carbocycles. The van der Waals surface area contributed by atoms with Crippen molar-refractivity contribution in [1.82, 2.24) is 10.2 Å². The van der Waals surface area contributed by atoms with Crippen molar-refractivity contribution in [2.24, 2.45) is 5.92 Å². The van der Waals surface area contributed by atoms with E-state index in [-0.39, 0.29) is 6.03 Å². The Morgan fingerprint density at radius 1 is 1.30 bits per heavy atom. The Kier molecular flexibility index (Phi) is 5.01. The number of hydrogen-bond donors (Lipinski definition) is 1. The molecule has 2 heterocycles. The molecule has 3 rings (SSSR count). The first-order chi connectivity index (χ1) is 11.2. The quantitative estimate of drug-likeness (QED) is 0.934. The Morgan fingerprint density at radius 3 is 2.87 bits per heavy atom. The number of hydrogen-bond acceptors (Lipinski definition) is 2. The summed E-state index contributed by atoms with van der Waals surface area (Å²) in [5.41, 5.74) is 2.65. The van der Waals surface area contributed by atoms with Crippen LogP contribution in [-0.4, -0.2) is 24.0 Å². The average molecular weight is 312 g/mol. The van der Waals surface area contributed by atoms with Crippen LogP contribution in [0.25, 0.3) is 0 Å². The highest BCUT2D eigenvalue weighted by Gasteiger charge is 2.23. The number of urea groups is 1. The highest BCUT2D eigenvalue weighted by molar-refractivity contribution is 5.74. The second-order valence-corrected chi connectivity index (χ2v) is 6.38. The third-order valence-electron chi connectivity index (χ3n) is 4.45. The van der Waals surface area contributed by atoms with E-state index in [0.717, 1.165) is 31.7 Å². The number of rotatable bonds is 4. The largest absolute Gasteiger partial charge is 0.467 e. The molecular weight excluding hydrogens is 288 g/mol. The van der Waals surface area contributed by atoms with Gasteiger partial charge in [0.2, 0.25) is 0 Å². The maximum Gasteiger partial charge on any atom is 0.317 e. The topological polar surface area (TPSA) is 45.5 Å². The van der Waals surface area contributed by atoms with Gasteiger partial charge in [-0.15, -0.1) is 0 Å². The van der Waals surface area contributed by atoms with Crippen LogP contribution in [0.5, 0.6) is 0 Å². The Balaban J connectivity index is 1.51. The molecule has 122 valence electrons. The summed E-state index contributed by atoms with van der Waals surface area (Å²) in [6.45, 7) is 4.23. The molecule has 1 aromatic heterocycles. The zero-order valence-corrected chi connectivity index (χ0v) is 13.6. The van der Waals surface area contributed by atoms with Crippen molar-refractivity contribution in [1.29, 1.82) is 0 Å². The van der Waals surface area contributed by atoms with Crippen molar-refractivity contribution in [3.05, 3.63) is 59.5 Å². The molecule has 1 aromatic carbocycles. The Hall–Kier alpha value is -2.23. The molecule has 4 heteroatoms. The van der Waals surface area contributed by atoms with Gasteiger partial charge in [0.1, 0.15) is 5.76 Å². The van der Waals surface area contributed by atoms with Crippen molar-refractivity contribution in [2.45, 2.75) is 32.7 Å². The number of nitrogens with zero attached hydrogens (tertiary/aromatic N) is 1. The summed E-state index contributed by atoms with van der Waals surface area (Å²) in [4.78, 5) is 14.2. The van der Waals surface area contributed by atoms with Crippen molar-refractivity contribution in [2.75, 3.05) is 13.1 Å². The molecule has 23 heavy (non-hydrogen) atoms. The molecule has 2 amide bonds. The Bertz CT molecular complexity index is 619. The SMILES string of the molecule is Cc1ccc(CC2CCCN(C(=O)NCc3ccco3)C2)cc1. The standard InChI is InChI=1S/C19H24N2O2/c1-15-6-8-16(9-7-15)12-17-4-2-10-21(14-17)19(22)20-13-18-5-3-11-23-18/h3,5-9,11,17H,2,4,10,12-14H2,1H3,(H,20,22). The van der Waals surface area contributed by atoms with Crippen molar-refractivity contribution in [3.8, 4) is 0 Å². The van der Waals surface area contributed by atoms with Crippen LogP contribution < -0.4 is 5.32 Å². The third kappa shape index (κ3) is 4.38. The Labute approximate surface area is 137 Å². The fourth-order valence-electron chi connectivity index (χ4n) is 3.16. The predicted molar refractivity (Wildman–Crippen MR) is 90.1 cm³/mol. The normalized spacial score (nSPS) is 18.0. The van der Waals surface area contributed by atoms with Gasteiger partial charge in [0.25, 0.3) is 0 Å². The van der Waals surface area contributed by atoms with E-state index in [4.69, 9.17) is 4.42 Å². The highest BCUT2D eigenvalue weighted by Crippen LogP contribution is 2.21. The second-order valence-electron chi connectivity index (χ2n) is 6.38. The number of carbonyl (C=O) groups excluding carboxylic acids is 1. The molecule has 1 N–H and O–H groups in total. The molecule has 1 fully saturated rings. The number of benzene rings is 1. The molecule has 0 aliphatic carbocycles. The lowest BCUT2D eigenvalue weighted by Gasteiger charge is -2.32. The summed E-state index contributed by atoms with van der Waals surface area (Å²) in [5.74, 6) is 1.33. The lowest BCUT2D eigenvalue weighted by atomic mass is 9.91. The lowest BCUT2D eigenvalue weighted by Crippen LogP contribution is -2.45. The van der Waals surface area contributed by atoms with Gasteiger partial charge in [0.15, 0.2) is 0 Å². The molecule has 4 nitrogen and oxygen atoms in total. The number of aryl methyl sites for hydroxylation is 1. The van der Waals surface area contributed by atoms with Gasteiger partial charge in [-0.1, -0.05) is 29.8 Å². The van der Waals surface area contributed by atoms with E-state index in [1.165, 1.54) is 17.5 Å². The van der Waals surface area contributed by atoms with Crippen LogP contribution >= 0.6 is 0 Å². The number of piperidine rings is 1. The maximum atomic E-state index is 12.3. The first-order valence-electron chi connectivity index (χ1n) is 8.31. The van der Waals surface area contributed by atoms with Gasteiger partial charge in [-0.2, -0.15) is 0 Å². The number of likely N-dealkylation sites (tertiary alicyclic amines) is 1. The van der Waals surface area contributed by atoms with Crippen LogP contribution in [-0.2, 0) is 13.0 Å². The zero-order chi connectivity index (χ0) is 16.1. The van der Waals surface area contributed by atoms with Crippen LogP contribution in [0.1, 0.15) is 29.7 Å². The van der Waals surface area contributed by atoms with E-state index in [1.54, 1.807) is 6.26 Å². The number of furan rings is 1. The monoisotopic (exact) mass is 312 g/mol. The minimum absolute atomic E-state index is 0.00926. The van der Waals surface area contributed by atoms with Gasteiger partial charge in [0, 0.05) is 13.1 Å². The molecule has 2 aromatic rings. The summed E-state index contributed by atoms with van der Waals surface area (Å²) in [7, 11) is 0. The van der Waals surface area contributed by atoms with E-state index in [0.29, 0.717) is 12.5 Å². The van der Waals surface area contributed by atoms with Crippen molar-refractivity contribution < 1.29 is 9.21 Å². The van der Waals surface area contributed by atoms with E-state index in [1.807, 2.05) is 17.0 Å². The maximum absolute atomic E-state index is 12.3. The summed E-state index contributed by atoms with van der Waals surface area (Å²) in [5, 5.41) is 2.94. The van der Waals surface area contributed by atoms with Gasteiger partial charge >= 0.3 is 6.03 Å². The zero-order valence-electron chi connectivity index (χ0n) is 13.6. The van der Waals surface area contributed by atoms with Crippen molar-refractivity contribution in [3.63, 3.8) is 0 Å². The molecule has 1 atom stereocenters. The van der Waals surface area contributed by atoms with Crippen LogP contribution in [0.2, 0.25) is 0 Å². The van der Waals surface area contributed by atoms with Crippen LogP contribution in [0, 0.1) is 12.8 Å². The molecule has 1 aliphatic heterocycles. The highest BCUT2D eigenvalue weighted by atomic mass is 16.3. The third-order valence-corrected chi connectivity index (χ3v) is 4.45. The molecular formula is C19H24N2O2. The number of amides is 2. The van der Waals surface area contributed by atoms with Crippen LogP contribution in [0.3, 0.4) is 0 Å². The molecule has 1 aliphatic rings. The van der Waals surface area contributed by atoms with E-state index in [9.17, 15) is 4.79 Å². The van der Waals surface area contributed by atoms with Crippen LogP contribution in [0.4, 0.5) is 4.79 Å². The molecule has 1 saturated heterocycles. The fourth-order valence-corrected chi connectivity index (χ4v) is 3.16. The smallest absolute Gasteiger partial charge is 0.317 e. The van der Waals surface area contributed by atoms with Crippen LogP contribution in [0.15, 0.2) is 47.1 Å². The predicted octanol–water partition coefficient (Wildman–Crippen LogP) is 3.75. The van der Waals surface area contributed by atoms with Crippen molar-refractivity contribution >= 4 is 6.03 Å². The summed E-state index contributed by atoms with van der Waals surface area (Å²) >= 11 is 0. The van der Waals surface area contributed by atoms with Gasteiger partial charge in [0.05, 0.1) is 12.8 Å². The Morgan fingerprint density at radius 2 is 2.13 bits per heavy atom. The minimum atomic E-state index is 0.00926. The van der Waals surface area contributed by atoms with Gasteiger partial charge in [-0.25, -0.2) is 4.79 Å². The van der Waals surface area contributed by atoms with Gasteiger partial charge in [-0.3, -0.25) is 0 Å². The number of nitrogens with one attached hydrogen (secondary N) is 1. The molecule has 1 unspecified atom stereocenters. The van der Waals surface area contributed by atoms with Gasteiger partial charge < -0.3 is 14.6 Å². The molecule has 0 spiro atoms.